The third-order valence-corrected chi connectivity index (χ3v) is 3.61. The zero-order valence-corrected chi connectivity index (χ0v) is 10.9. The van der Waals surface area contributed by atoms with Gasteiger partial charge in [-0.1, -0.05) is 0 Å². The first kappa shape index (κ1) is 12.0. The molecule has 1 aliphatic rings. The zero-order chi connectivity index (χ0) is 13.2. The molecule has 19 heavy (non-hydrogen) atoms. The van der Waals surface area contributed by atoms with Gasteiger partial charge in [0.2, 0.25) is 0 Å². The van der Waals surface area contributed by atoms with E-state index in [1.165, 1.54) is 19.2 Å². The molecule has 0 N–H and O–H groups in total. The van der Waals surface area contributed by atoms with Crippen LogP contribution in [0.15, 0.2) is 30.6 Å². The Morgan fingerprint density at radius 2 is 2.11 bits per heavy atom. The van der Waals surface area contributed by atoms with E-state index in [0.29, 0.717) is 5.56 Å². The Kier molecular flexibility index (Phi) is 3.07. The molecule has 0 bridgehead atoms. The third kappa shape index (κ3) is 2.03. The topological polar surface area (TPSA) is 44.1 Å². The van der Waals surface area contributed by atoms with Gasteiger partial charge >= 0.3 is 5.97 Å². The average Bonchev–Trinajstić information content (AvgIpc) is 2.86. The summed E-state index contributed by atoms with van der Waals surface area (Å²) in [5, 5.41) is 0. The van der Waals surface area contributed by atoms with Crippen LogP contribution in [-0.4, -0.2) is 22.6 Å². The van der Waals surface area contributed by atoms with Crippen LogP contribution in [-0.2, 0) is 17.7 Å². The van der Waals surface area contributed by atoms with E-state index < -0.39 is 0 Å². The fourth-order valence-corrected chi connectivity index (χ4v) is 2.73. The van der Waals surface area contributed by atoms with Gasteiger partial charge in [0.25, 0.3) is 0 Å². The normalized spacial score (nSPS) is 13.9. The van der Waals surface area contributed by atoms with Crippen molar-refractivity contribution in [2.45, 2.75) is 25.8 Å². The summed E-state index contributed by atoms with van der Waals surface area (Å²) in [6.07, 6.45) is 6.86. The van der Waals surface area contributed by atoms with E-state index in [0.717, 1.165) is 30.6 Å². The number of hydrogen-bond acceptors (Lipinski definition) is 3. The van der Waals surface area contributed by atoms with E-state index >= 15 is 0 Å². The number of fused-ring (bicyclic) bond motifs is 1. The molecule has 0 aromatic carbocycles. The van der Waals surface area contributed by atoms with Crippen molar-refractivity contribution in [3.63, 3.8) is 0 Å². The molecule has 0 radical (unpaired) electrons. The predicted molar refractivity (Wildman–Crippen MR) is 71.9 cm³/mol. The minimum atomic E-state index is -0.270. The second kappa shape index (κ2) is 4.88. The van der Waals surface area contributed by atoms with Crippen LogP contribution in [0.3, 0.4) is 0 Å². The highest BCUT2D eigenvalue weighted by Gasteiger charge is 2.23. The van der Waals surface area contributed by atoms with Gasteiger partial charge in [0, 0.05) is 30.2 Å². The highest BCUT2D eigenvalue weighted by atomic mass is 16.5. The van der Waals surface area contributed by atoms with Crippen LogP contribution in [0.2, 0.25) is 0 Å². The van der Waals surface area contributed by atoms with Gasteiger partial charge in [0.1, 0.15) is 0 Å². The molecule has 0 spiro atoms. The lowest BCUT2D eigenvalue weighted by atomic mass is 10.1. The van der Waals surface area contributed by atoms with Gasteiger partial charge < -0.3 is 9.30 Å². The number of nitrogens with zero attached hydrogens (tertiary/aromatic N) is 2. The lowest BCUT2D eigenvalue weighted by Crippen LogP contribution is -2.11. The maximum absolute atomic E-state index is 12.0. The molecule has 0 aliphatic carbocycles. The molecule has 98 valence electrons. The van der Waals surface area contributed by atoms with Gasteiger partial charge in [-0.25, -0.2) is 4.79 Å². The Hall–Kier alpha value is -2.10. The van der Waals surface area contributed by atoms with Crippen molar-refractivity contribution in [1.29, 1.82) is 0 Å². The number of rotatable bonds is 2. The van der Waals surface area contributed by atoms with Crippen LogP contribution >= 0.6 is 0 Å². The van der Waals surface area contributed by atoms with Crippen LogP contribution in [0.25, 0.3) is 11.3 Å². The fourth-order valence-electron chi connectivity index (χ4n) is 2.73. The first-order valence-electron chi connectivity index (χ1n) is 6.52. The molecule has 0 unspecified atom stereocenters. The summed E-state index contributed by atoms with van der Waals surface area (Å²) in [6.45, 7) is 0.962. The van der Waals surface area contributed by atoms with Crippen molar-refractivity contribution in [1.82, 2.24) is 9.55 Å². The number of carbonyl (C=O) groups is 1. The minimum Gasteiger partial charge on any atom is -0.465 e. The number of aromatic nitrogens is 2. The lowest BCUT2D eigenvalue weighted by molar-refractivity contribution is 0.0601. The Morgan fingerprint density at radius 1 is 1.32 bits per heavy atom. The maximum atomic E-state index is 12.0. The van der Waals surface area contributed by atoms with Gasteiger partial charge in [-0.3, -0.25) is 4.98 Å². The number of ether oxygens (including phenoxy) is 1. The Balaban J connectivity index is 2.20. The molecule has 0 saturated heterocycles. The zero-order valence-electron chi connectivity index (χ0n) is 10.9. The average molecular weight is 256 g/mol. The highest BCUT2D eigenvalue weighted by molar-refractivity contribution is 5.97. The summed E-state index contributed by atoms with van der Waals surface area (Å²) in [4.78, 5) is 16.0. The van der Waals surface area contributed by atoms with Gasteiger partial charge in [0.15, 0.2) is 0 Å². The Labute approximate surface area is 112 Å². The number of hydrogen-bond donors (Lipinski definition) is 0. The minimum absolute atomic E-state index is 0.270. The van der Waals surface area contributed by atoms with Crippen molar-refractivity contribution < 1.29 is 9.53 Å². The monoisotopic (exact) mass is 256 g/mol. The molecule has 0 saturated carbocycles. The smallest absolute Gasteiger partial charge is 0.340 e. The van der Waals surface area contributed by atoms with E-state index in [-0.39, 0.29) is 5.97 Å². The largest absolute Gasteiger partial charge is 0.465 e. The van der Waals surface area contributed by atoms with Crippen LogP contribution in [0.5, 0.6) is 0 Å². The SMILES string of the molecule is COC(=O)c1cc2n(c1-c1ccncc1)CCCC2. The van der Waals surface area contributed by atoms with Crippen LogP contribution in [0.1, 0.15) is 28.9 Å². The number of aryl methyl sites for hydroxylation is 1. The number of carbonyl (C=O) groups excluding carboxylic acids is 1. The first-order chi connectivity index (χ1) is 9.31. The molecule has 0 fully saturated rings. The third-order valence-electron chi connectivity index (χ3n) is 3.61. The fraction of sp³-hybridized carbons (Fsp3) is 0.333. The quantitative estimate of drug-likeness (QED) is 0.776. The second-order valence-corrected chi connectivity index (χ2v) is 4.73. The second-order valence-electron chi connectivity index (χ2n) is 4.73. The molecule has 2 aromatic heterocycles. The molecule has 0 atom stereocenters. The highest BCUT2D eigenvalue weighted by Crippen LogP contribution is 2.31. The molecule has 3 heterocycles. The van der Waals surface area contributed by atoms with Crippen LogP contribution in [0.4, 0.5) is 0 Å². The van der Waals surface area contributed by atoms with Crippen molar-refractivity contribution >= 4 is 5.97 Å². The molecule has 0 amide bonds. The van der Waals surface area contributed by atoms with E-state index in [1.54, 1.807) is 12.4 Å². The van der Waals surface area contributed by atoms with Gasteiger partial charge in [-0.05, 0) is 37.5 Å². The molecule has 3 rings (SSSR count). The summed E-state index contributed by atoms with van der Waals surface area (Å²) in [5.41, 5.74) is 3.86. The summed E-state index contributed by atoms with van der Waals surface area (Å²) in [6, 6.07) is 5.84. The number of esters is 1. The van der Waals surface area contributed by atoms with Crippen molar-refractivity contribution in [3.8, 4) is 11.3 Å². The van der Waals surface area contributed by atoms with Crippen LogP contribution in [0, 0.1) is 0 Å². The van der Waals surface area contributed by atoms with E-state index in [9.17, 15) is 4.79 Å². The van der Waals surface area contributed by atoms with Gasteiger partial charge in [0.05, 0.1) is 18.4 Å². The molecule has 2 aromatic rings. The maximum Gasteiger partial charge on any atom is 0.340 e. The van der Waals surface area contributed by atoms with Gasteiger partial charge in [-0.15, -0.1) is 0 Å². The van der Waals surface area contributed by atoms with E-state index in [2.05, 4.69) is 9.55 Å². The molecule has 4 heteroatoms. The van der Waals surface area contributed by atoms with Crippen molar-refractivity contribution in [3.05, 3.63) is 41.9 Å². The lowest BCUT2D eigenvalue weighted by Gasteiger charge is -2.18. The summed E-state index contributed by atoms with van der Waals surface area (Å²) in [5.74, 6) is -0.270. The first-order valence-corrected chi connectivity index (χ1v) is 6.52. The summed E-state index contributed by atoms with van der Waals surface area (Å²) < 4.78 is 7.15. The molecular formula is C15H16N2O2. The van der Waals surface area contributed by atoms with Crippen molar-refractivity contribution in [2.75, 3.05) is 7.11 Å². The Morgan fingerprint density at radius 3 is 2.84 bits per heavy atom. The predicted octanol–water partition coefficient (Wildman–Crippen LogP) is 2.67. The number of pyridine rings is 1. The summed E-state index contributed by atoms with van der Waals surface area (Å²) in [7, 11) is 1.43. The number of methoxy groups -OCH3 is 1. The van der Waals surface area contributed by atoms with Gasteiger partial charge in [-0.2, -0.15) is 0 Å². The van der Waals surface area contributed by atoms with E-state index in [4.69, 9.17) is 4.74 Å². The standard InChI is InChI=1S/C15H16N2O2/c1-19-15(18)13-10-12-4-2-3-9-17(12)14(13)11-5-7-16-8-6-11/h5-8,10H,2-4,9H2,1H3. The van der Waals surface area contributed by atoms with E-state index in [1.807, 2.05) is 18.2 Å². The molecule has 1 aliphatic heterocycles. The molecule has 4 nitrogen and oxygen atoms in total. The molecular weight excluding hydrogens is 240 g/mol. The summed E-state index contributed by atoms with van der Waals surface area (Å²) >= 11 is 0. The Bertz CT molecular complexity index is 602. The van der Waals surface area contributed by atoms with Crippen molar-refractivity contribution in [2.24, 2.45) is 0 Å². The van der Waals surface area contributed by atoms with Crippen LogP contribution < -0.4 is 0 Å².